The maximum atomic E-state index is 12.7. The smallest absolute Gasteiger partial charge is 0.257 e. The topological polar surface area (TPSA) is 111 Å². The second-order valence-electron chi connectivity index (χ2n) is 9.98. The average Bonchev–Trinajstić information content (AvgIpc) is 3.47. The number of aliphatic hydroxyl groups excluding tert-OH is 1. The number of hydrogen-bond acceptors (Lipinski definition) is 7. The number of nitrogens with one attached hydrogen (secondary N) is 2. The maximum absolute atomic E-state index is 12.7. The summed E-state index contributed by atoms with van der Waals surface area (Å²) in [7, 11) is 0. The van der Waals surface area contributed by atoms with Crippen LogP contribution >= 0.6 is 0 Å². The summed E-state index contributed by atoms with van der Waals surface area (Å²) in [5, 5.41) is 15.7. The average molecular weight is 479 g/mol. The van der Waals surface area contributed by atoms with Crippen molar-refractivity contribution < 1.29 is 14.7 Å². The number of likely N-dealkylation sites (tertiary alicyclic amines) is 1. The van der Waals surface area contributed by atoms with E-state index in [1.807, 2.05) is 24.3 Å². The van der Waals surface area contributed by atoms with E-state index >= 15 is 0 Å². The van der Waals surface area contributed by atoms with Gasteiger partial charge in [0.05, 0.1) is 31.3 Å². The van der Waals surface area contributed by atoms with Crippen LogP contribution in [-0.4, -0.2) is 63.1 Å². The number of hydrogen-bond donors (Lipinski definition) is 3. The van der Waals surface area contributed by atoms with Gasteiger partial charge < -0.3 is 25.5 Å². The number of rotatable bonds is 6. The number of carbonyl (C=O) groups excluding carboxylic acids is 2. The van der Waals surface area contributed by atoms with E-state index in [0.717, 1.165) is 42.6 Å². The molecule has 2 saturated heterocycles. The summed E-state index contributed by atoms with van der Waals surface area (Å²) in [6, 6.07) is 8.27. The summed E-state index contributed by atoms with van der Waals surface area (Å²) in [6.07, 6.45) is 5.49. The normalized spacial score (nSPS) is 23.9. The number of nitrogens with zero attached hydrogens (tertiary/aromatic N) is 4. The van der Waals surface area contributed by atoms with Gasteiger partial charge in [0, 0.05) is 24.3 Å². The zero-order valence-corrected chi connectivity index (χ0v) is 20.5. The lowest BCUT2D eigenvalue weighted by Gasteiger charge is -2.39. The molecular weight excluding hydrogens is 444 g/mol. The van der Waals surface area contributed by atoms with Gasteiger partial charge in [0.2, 0.25) is 11.9 Å². The van der Waals surface area contributed by atoms with Gasteiger partial charge in [-0.1, -0.05) is 12.1 Å². The van der Waals surface area contributed by atoms with Gasteiger partial charge in [-0.3, -0.25) is 9.59 Å². The Morgan fingerprint density at radius 2 is 1.86 bits per heavy atom. The third-order valence-corrected chi connectivity index (χ3v) is 7.52. The molecule has 1 aromatic carbocycles. The molecule has 0 saturated carbocycles. The Morgan fingerprint density at radius 3 is 2.57 bits per heavy atom. The standard InChI is InChI=1S/C26H34N6O3/c1-16-5-3-6-17(2)32(16)26-29-21-14-27-25(35)23(21)24(30-26)28-19-10-8-18(9-11-19)13-22(34)31-12-4-7-20(31)15-33/h8-11,16-17,20,33H,3-7,12-15H2,1-2H3,(H,27,35)(H,28,29,30)/t16-,17-,20+/m1/s1. The van der Waals surface area contributed by atoms with Crippen LogP contribution in [0, 0.1) is 0 Å². The number of fused-ring (bicyclic) bond motifs is 1. The molecule has 35 heavy (non-hydrogen) atoms. The lowest BCUT2D eigenvalue weighted by atomic mass is 9.98. The fraction of sp³-hybridized carbons (Fsp3) is 0.538. The molecule has 186 valence electrons. The largest absolute Gasteiger partial charge is 0.394 e. The van der Waals surface area contributed by atoms with E-state index in [0.29, 0.717) is 48.9 Å². The molecule has 2 fully saturated rings. The van der Waals surface area contributed by atoms with Crippen molar-refractivity contribution in [3.63, 3.8) is 0 Å². The Balaban J connectivity index is 1.35. The van der Waals surface area contributed by atoms with E-state index in [1.165, 1.54) is 6.42 Å². The van der Waals surface area contributed by atoms with Crippen molar-refractivity contribution in [3.05, 3.63) is 41.1 Å². The molecule has 5 rings (SSSR count). The maximum Gasteiger partial charge on any atom is 0.257 e. The Kier molecular flexibility index (Phi) is 6.60. The molecule has 0 radical (unpaired) electrons. The fourth-order valence-electron chi connectivity index (χ4n) is 5.61. The minimum atomic E-state index is -0.167. The van der Waals surface area contributed by atoms with Gasteiger partial charge in [0.15, 0.2) is 0 Å². The summed E-state index contributed by atoms with van der Waals surface area (Å²) in [4.78, 5) is 38.9. The summed E-state index contributed by atoms with van der Waals surface area (Å²) in [6.45, 7) is 5.53. The lowest BCUT2D eigenvalue weighted by molar-refractivity contribution is -0.132. The van der Waals surface area contributed by atoms with Crippen molar-refractivity contribution in [2.75, 3.05) is 23.4 Å². The van der Waals surface area contributed by atoms with Crippen LogP contribution in [0.2, 0.25) is 0 Å². The zero-order chi connectivity index (χ0) is 24.5. The van der Waals surface area contributed by atoms with Gasteiger partial charge in [0.1, 0.15) is 11.4 Å². The van der Waals surface area contributed by atoms with E-state index < -0.39 is 0 Å². The Hall–Kier alpha value is -3.20. The molecule has 4 heterocycles. The molecule has 9 heteroatoms. The van der Waals surface area contributed by atoms with Gasteiger partial charge in [-0.15, -0.1) is 0 Å². The summed E-state index contributed by atoms with van der Waals surface area (Å²) >= 11 is 0. The second kappa shape index (κ2) is 9.81. The monoisotopic (exact) mass is 478 g/mol. The van der Waals surface area contributed by atoms with E-state index in [9.17, 15) is 14.7 Å². The zero-order valence-electron chi connectivity index (χ0n) is 20.5. The highest BCUT2D eigenvalue weighted by Crippen LogP contribution is 2.32. The Morgan fingerprint density at radius 1 is 1.11 bits per heavy atom. The highest BCUT2D eigenvalue weighted by Gasteiger charge is 2.32. The first-order valence-corrected chi connectivity index (χ1v) is 12.7. The van der Waals surface area contributed by atoms with Crippen LogP contribution in [0.5, 0.6) is 0 Å². The molecule has 9 nitrogen and oxygen atoms in total. The quantitative estimate of drug-likeness (QED) is 0.585. The molecule has 0 bridgehead atoms. The number of carbonyl (C=O) groups is 2. The third-order valence-electron chi connectivity index (χ3n) is 7.52. The van der Waals surface area contributed by atoms with E-state index in [1.54, 1.807) is 4.90 Å². The molecule has 3 atom stereocenters. The number of aliphatic hydroxyl groups is 1. The Labute approximate surface area is 205 Å². The number of piperidine rings is 1. The first-order valence-electron chi connectivity index (χ1n) is 12.7. The van der Waals surface area contributed by atoms with Gasteiger partial charge in [-0.05, 0) is 63.6 Å². The molecular formula is C26H34N6O3. The summed E-state index contributed by atoms with van der Waals surface area (Å²) < 4.78 is 0. The van der Waals surface area contributed by atoms with Crippen LogP contribution in [0.25, 0.3) is 0 Å². The summed E-state index contributed by atoms with van der Waals surface area (Å²) in [5.74, 6) is 1.05. The molecule has 2 amide bonds. The molecule has 0 unspecified atom stereocenters. The van der Waals surface area contributed by atoms with Crippen LogP contribution in [0.15, 0.2) is 24.3 Å². The third kappa shape index (κ3) is 4.69. The molecule has 3 N–H and O–H groups in total. The van der Waals surface area contributed by atoms with E-state index in [-0.39, 0.29) is 24.5 Å². The van der Waals surface area contributed by atoms with Gasteiger partial charge in [-0.25, -0.2) is 4.98 Å². The minimum absolute atomic E-state index is 0.0163. The summed E-state index contributed by atoms with van der Waals surface area (Å²) in [5.41, 5.74) is 2.92. The van der Waals surface area contributed by atoms with E-state index in [2.05, 4.69) is 29.4 Å². The molecule has 0 aliphatic carbocycles. The fourth-order valence-corrected chi connectivity index (χ4v) is 5.61. The van der Waals surface area contributed by atoms with Crippen LogP contribution in [0.4, 0.5) is 17.5 Å². The van der Waals surface area contributed by atoms with Crippen molar-refractivity contribution in [3.8, 4) is 0 Å². The minimum Gasteiger partial charge on any atom is -0.394 e. The first kappa shape index (κ1) is 23.5. The van der Waals surface area contributed by atoms with Crippen molar-refractivity contribution in [1.29, 1.82) is 0 Å². The van der Waals surface area contributed by atoms with Gasteiger partial charge >= 0.3 is 0 Å². The van der Waals surface area contributed by atoms with Crippen molar-refractivity contribution in [2.24, 2.45) is 0 Å². The van der Waals surface area contributed by atoms with Crippen LogP contribution in [0.1, 0.15) is 67.6 Å². The number of benzene rings is 1. The van der Waals surface area contributed by atoms with E-state index in [4.69, 9.17) is 9.97 Å². The number of amides is 2. The predicted octanol–water partition coefficient (Wildman–Crippen LogP) is 2.76. The lowest BCUT2D eigenvalue weighted by Crippen LogP contribution is -2.45. The molecule has 3 aliphatic heterocycles. The molecule has 0 spiro atoms. The highest BCUT2D eigenvalue weighted by molar-refractivity contribution is 6.03. The predicted molar refractivity (Wildman–Crippen MR) is 134 cm³/mol. The number of anilines is 3. The molecule has 2 aromatic rings. The van der Waals surface area contributed by atoms with Gasteiger partial charge in [0.25, 0.3) is 5.91 Å². The highest BCUT2D eigenvalue weighted by atomic mass is 16.3. The van der Waals surface area contributed by atoms with Crippen LogP contribution in [-0.2, 0) is 17.8 Å². The molecule has 1 aromatic heterocycles. The van der Waals surface area contributed by atoms with Crippen LogP contribution < -0.4 is 15.5 Å². The van der Waals surface area contributed by atoms with Crippen molar-refractivity contribution >= 4 is 29.3 Å². The molecule has 3 aliphatic rings. The van der Waals surface area contributed by atoms with Crippen LogP contribution in [0.3, 0.4) is 0 Å². The SMILES string of the molecule is C[C@@H]1CCC[C@@H](C)N1c1nc2c(c(Nc3ccc(CC(=O)N4CCC[C@H]4CO)cc3)n1)C(=O)NC2. The first-order chi connectivity index (χ1) is 16.9. The Bertz CT molecular complexity index is 1100. The van der Waals surface area contributed by atoms with Crippen molar-refractivity contribution in [1.82, 2.24) is 20.2 Å². The number of aromatic nitrogens is 2. The second-order valence-corrected chi connectivity index (χ2v) is 9.98. The van der Waals surface area contributed by atoms with Crippen molar-refractivity contribution in [2.45, 2.75) is 77.0 Å². The van der Waals surface area contributed by atoms with Gasteiger partial charge in [-0.2, -0.15) is 4.98 Å².